The lowest BCUT2D eigenvalue weighted by molar-refractivity contribution is -0.147. The molecule has 1 aliphatic heterocycles. The molecule has 17 heavy (non-hydrogen) atoms. The number of carboxylic acids is 1. The fourth-order valence-electron chi connectivity index (χ4n) is 1.50. The Kier molecular flexibility index (Phi) is 5.88. The zero-order chi connectivity index (χ0) is 12.7. The van der Waals surface area contributed by atoms with Crippen LogP contribution in [0.25, 0.3) is 0 Å². The average Bonchev–Trinajstić information content (AvgIpc) is 2.30. The lowest BCUT2D eigenvalue weighted by atomic mass is 10.2. The van der Waals surface area contributed by atoms with Gasteiger partial charge in [0.2, 0.25) is 5.91 Å². The molecule has 0 aromatic carbocycles. The quantitative estimate of drug-likeness (QED) is 0.446. The van der Waals surface area contributed by atoms with Gasteiger partial charge in [-0.1, -0.05) is 0 Å². The van der Waals surface area contributed by atoms with E-state index in [1.165, 1.54) is 0 Å². The van der Waals surface area contributed by atoms with E-state index in [-0.39, 0.29) is 31.4 Å². The first kappa shape index (κ1) is 13.9. The summed E-state index contributed by atoms with van der Waals surface area (Å²) in [6.07, 6.45) is -1.31. The first-order valence-electron chi connectivity index (χ1n) is 5.59. The molecule has 7 heteroatoms. The molecule has 0 bridgehead atoms. The maximum absolute atomic E-state index is 11.4. The smallest absolute Gasteiger partial charge is 0.332 e. The Bertz CT molecular complexity index is 265. The summed E-state index contributed by atoms with van der Waals surface area (Å²) in [7, 11) is 0. The van der Waals surface area contributed by atoms with Crippen molar-refractivity contribution in [3.8, 4) is 0 Å². The van der Waals surface area contributed by atoms with Crippen LogP contribution in [0.3, 0.4) is 0 Å². The van der Waals surface area contributed by atoms with Gasteiger partial charge in [-0.25, -0.2) is 4.79 Å². The van der Waals surface area contributed by atoms with Crippen LogP contribution in [0.2, 0.25) is 0 Å². The number of rotatable bonds is 6. The van der Waals surface area contributed by atoms with E-state index in [1.807, 2.05) is 0 Å². The fourth-order valence-corrected chi connectivity index (χ4v) is 1.50. The number of aliphatic hydroxyl groups excluding tert-OH is 1. The number of amides is 1. The Labute approximate surface area is 99.1 Å². The van der Waals surface area contributed by atoms with E-state index in [0.717, 1.165) is 6.54 Å². The van der Waals surface area contributed by atoms with Gasteiger partial charge in [0.05, 0.1) is 19.1 Å². The van der Waals surface area contributed by atoms with E-state index in [9.17, 15) is 9.59 Å². The second-order valence-corrected chi connectivity index (χ2v) is 3.89. The Morgan fingerprint density at radius 3 is 2.88 bits per heavy atom. The Hall–Kier alpha value is -1.18. The number of hydrogen-bond acceptors (Lipinski definition) is 5. The minimum absolute atomic E-state index is 0.00481. The van der Waals surface area contributed by atoms with Crippen molar-refractivity contribution in [1.82, 2.24) is 10.6 Å². The van der Waals surface area contributed by atoms with E-state index in [4.69, 9.17) is 14.9 Å². The van der Waals surface area contributed by atoms with E-state index in [2.05, 4.69) is 10.6 Å². The molecule has 0 aliphatic carbocycles. The SMILES string of the molecule is O=C(CC1CNCCO1)NCCC(O)C(=O)O. The molecule has 0 spiro atoms. The number of carbonyl (C=O) groups excluding carboxylic acids is 1. The number of ether oxygens (including phenoxy) is 1. The van der Waals surface area contributed by atoms with Crippen molar-refractivity contribution in [3.05, 3.63) is 0 Å². The molecule has 0 aromatic heterocycles. The zero-order valence-corrected chi connectivity index (χ0v) is 9.52. The highest BCUT2D eigenvalue weighted by Gasteiger charge is 2.18. The summed E-state index contributed by atoms with van der Waals surface area (Å²) in [5.41, 5.74) is 0. The third-order valence-electron chi connectivity index (χ3n) is 2.44. The molecule has 1 fully saturated rings. The lowest BCUT2D eigenvalue weighted by Crippen LogP contribution is -2.41. The molecule has 7 nitrogen and oxygen atoms in total. The highest BCUT2D eigenvalue weighted by molar-refractivity contribution is 5.76. The van der Waals surface area contributed by atoms with Crippen LogP contribution in [0.1, 0.15) is 12.8 Å². The van der Waals surface area contributed by atoms with Crippen LogP contribution < -0.4 is 10.6 Å². The van der Waals surface area contributed by atoms with Gasteiger partial charge >= 0.3 is 5.97 Å². The van der Waals surface area contributed by atoms with E-state index >= 15 is 0 Å². The highest BCUT2D eigenvalue weighted by Crippen LogP contribution is 2.01. The van der Waals surface area contributed by atoms with Gasteiger partial charge in [-0.05, 0) is 0 Å². The van der Waals surface area contributed by atoms with Crippen molar-refractivity contribution < 1.29 is 24.5 Å². The van der Waals surface area contributed by atoms with Gasteiger partial charge in [0, 0.05) is 26.1 Å². The maximum Gasteiger partial charge on any atom is 0.332 e. The molecule has 1 heterocycles. The molecular formula is C10H18N2O5. The molecule has 1 amide bonds. The minimum Gasteiger partial charge on any atom is -0.479 e. The van der Waals surface area contributed by atoms with Gasteiger partial charge in [0.15, 0.2) is 6.10 Å². The number of carboxylic acid groups (broad SMARTS) is 1. The lowest BCUT2D eigenvalue weighted by Gasteiger charge is -2.23. The van der Waals surface area contributed by atoms with E-state index in [0.29, 0.717) is 13.2 Å². The van der Waals surface area contributed by atoms with Crippen molar-refractivity contribution >= 4 is 11.9 Å². The molecule has 0 saturated carbocycles. The number of aliphatic carboxylic acids is 1. The zero-order valence-electron chi connectivity index (χ0n) is 9.52. The van der Waals surface area contributed by atoms with Crippen molar-refractivity contribution in [2.24, 2.45) is 0 Å². The first-order valence-corrected chi connectivity index (χ1v) is 5.59. The number of hydrogen-bond donors (Lipinski definition) is 4. The van der Waals surface area contributed by atoms with Crippen LogP contribution >= 0.6 is 0 Å². The van der Waals surface area contributed by atoms with Gasteiger partial charge in [-0.3, -0.25) is 4.79 Å². The van der Waals surface area contributed by atoms with Crippen LogP contribution in [-0.4, -0.2) is 60.5 Å². The molecule has 98 valence electrons. The monoisotopic (exact) mass is 246 g/mol. The van der Waals surface area contributed by atoms with Crippen molar-refractivity contribution in [2.45, 2.75) is 25.0 Å². The summed E-state index contributed by atoms with van der Waals surface area (Å²) in [4.78, 5) is 21.7. The molecule has 2 unspecified atom stereocenters. The van der Waals surface area contributed by atoms with Gasteiger partial charge in [0.25, 0.3) is 0 Å². The summed E-state index contributed by atoms with van der Waals surface area (Å²) < 4.78 is 5.35. The first-order chi connectivity index (χ1) is 8.09. The van der Waals surface area contributed by atoms with E-state index in [1.54, 1.807) is 0 Å². The number of nitrogens with one attached hydrogen (secondary N) is 2. The predicted octanol–water partition coefficient (Wildman–Crippen LogP) is -1.68. The standard InChI is InChI=1S/C10H18N2O5/c13-8(10(15)16)1-2-12-9(14)5-7-6-11-3-4-17-7/h7-8,11,13H,1-6H2,(H,12,14)(H,15,16). The Balaban J connectivity index is 2.10. The molecule has 1 aliphatic rings. The van der Waals surface area contributed by atoms with Gasteiger partial charge < -0.3 is 25.6 Å². The minimum atomic E-state index is -1.43. The molecule has 1 rings (SSSR count). The Morgan fingerprint density at radius 1 is 1.53 bits per heavy atom. The van der Waals surface area contributed by atoms with Gasteiger partial charge in [-0.15, -0.1) is 0 Å². The van der Waals surface area contributed by atoms with Gasteiger partial charge in [-0.2, -0.15) is 0 Å². The predicted molar refractivity (Wildman–Crippen MR) is 58.5 cm³/mol. The average molecular weight is 246 g/mol. The summed E-state index contributed by atoms with van der Waals surface area (Å²) in [5, 5.41) is 23.0. The van der Waals surface area contributed by atoms with Crippen molar-refractivity contribution in [2.75, 3.05) is 26.2 Å². The molecule has 1 saturated heterocycles. The van der Waals surface area contributed by atoms with Crippen molar-refractivity contribution in [1.29, 1.82) is 0 Å². The highest BCUT2D eigenvalue weighted by atomic mass is 16.5. The van der Waals surface area contributed by atoms with Crippen LogP contribution in [0, 0.1) is 0 Å². The molecule has 2 atom stereocenters. The second-order valence-electron chi connectivity index (χ2n) is 3.89. The second kappa shape index (κ2) is 7.21. The topological polar surface area (TPSA) is 108 Å². The van der Waals surface area contributed by atoms with Crippen LogP contribution in [0.5, 0.6) is 0 Å². The molecule has 4 N–H and O–H groups in total. The largest absolute Gasteiger partial charge is 0.479 e. The summed E-state index contributed by atoms with van der Waals surface area (Å²) in [6.45, 7) is 2.18. The Morgan fingerprint density at radius 2 is 2.29 bits per heavy atom. The summed E-state index contributed by atoms with van der Waals surface area (Å²) >= 11 is 0. The summed E-state index contributed by atoms with van der Waals surface area (Å²) in [6, 6.07) is 0. The molecule has 0 aromatic rings. The summed E-state index contributed by atoms with van der Waals surface area (Å²) in [5.74, 6) is -1.48. The van der Waals surface area contributed by atoms with Crippen LogP contribution in [0.15, 0.2) is 0 Å². The fraction of sp³-hybridized carbons (Fsp3) is 0.800. The van der Waals surface area contributed by atoms with Gasteiger partial charge in [0.1, 0.15) is 0 Å². The van der Waals surface area contributed by atoms with Crippen LogP contribution in [-0.2, 0) is 14.3 Å². The normalized spacial score (nSPS) is 21.8. The maximum atomic E-state index is 11.4. The number of morpholine rings is 1. The number of aliphatic hydroxyl groups is 1. The van der Waals surface area contributed by atoms with E-state index < -0.39 is 12.1 Å². The molecular weight excluding hydrogens is 228 g/mol. The third-order valence-corrected chi connectivity index (χ3v) is 2.44. The van der Waals surface area contributed by atoms with Crippen molar-refractivity contribution in [3.63, 3.8) is 0 Å². The third kappa shape index (κ3) is 5.62. The molecule has 0 radical (unpaired) electrons. The number of carbonyl (C=O) groups is 2. The van der Waals surface area contributed by atoms with Crippen LogP contribution in [0.4, 0.5) is 0 Å².